The summed E-state index contributed by atoms with van der Waals surface area (Å²) in [5.74, 6) is -0.407. The number of piperidine rings is 3. The number of carboxylic acid groups (broad SMARTS) is 1. The van der Waals surface area contributed by atoms with Gasteiger partial charge in [-0.2, -0.15) is 5.10 Å². The molecule has 0 saturated carbocycles. The van der Waals surface area contributed by atoms with Crippen LogP contribution in [0, 0.1) is 5.92 Å². The first-order valence-electron chi connectivity index (χ1n) is 8.83. The Morgan fingerprint density at radius 3 is 2.72 bits per heavy atom. The average molecular weight is 334 g/mol. The molecule has 0 spiro atoms. The van der Waals surface area contributed by atoms with Crippen LogP contribution in [0.1, 0.15) is 35.8 Å². The van der Waals surface area contributed by atoms with Crippen molar-refractivity contribution < 1.29 is 28.8 Å². The zero-order valence-electron chi connectivity index (χ0n) is 15.0. The summed E-state index contributed by atoms with van der Waals surface area (Å²) in [6, 6.07) is 5.77. The molecule has 3 aliphatic heterocycles. The third-order valence-electron chi connectivity index (χ3n) is 5.56. The molecule has 4 heterocycles. The molecule has 1 aromatic carbocycles. The van der Waals surface area contributed by atoms with E-state index in [4.69, 9.17) is 0 Å². The van der Waals surface area contributed by atoms with Gasteiger partial charge < -0.3 is 20.1 Å². The summed E-state index contributed by atoms with van der Waals surface area (Å²) in [4.78, 5) is 14.0. The molecule has 1 atom stereocenters. The number of hydrogen-bond acceptors (Lipinski definition) is 5. The van der Waals surface area contributed by atoms with Gasteiger partial charge in [0.15, 0.2) is 0 Å². The van der Waals surface area contributed by atoms with Crippen molar-refractivity contribution in [2.24, 2.45) is 5.92 Å². The van der Waals surface area contributed by atoms with E-state index >= 15 is 0 Å². The Morgan fingerprint density at radius 2 is 2.12 bits per heavy atom. The number of carbonyl (C=O) groups excluding carboxylic acids is 1. The monoisotopic (exact) mass is 334 g/mol. The second-order valence-electron chi connectivity index (χ2n) is 6.88. The summed E-state index contributed by atoms with van der Waals surface area (Å²) >= 11 is 0. The minimum atomic E-state index is -1.14. The van der Waals surface area contributed by atoms with Crippen molar-refractivity contribution in [3.63, 3.8) is 0 Å². The van der Waals surface area contributed by atoms with Crippen LogP contribution in [-0.4, -0.2) is 46.3 Å². The molecule has 25 heavy (non-hydrogen) atoms. The zero-order chi connectivity index (χ0) is 16.7. The first-order valence-corrected chi connectivity index (χ1v) is 8.83. The van der Waals surface area contributed by atoms with Crippen LogP contribution < -0.4 is 29.3 Å². The number of nitrogens with zero attached hydrogens (tertiary/aromatic N) is 3. The van der Waals surface area contributed by atoms with Gasteiger partial charge in [-0.05, 0) is 44.8 Å². The van der Waals surface area contributed by atoms with Gasteiger partial charge in [-0.1, -0.05) is 12.1 Å². The van der Waals surface area contributed by atoms with E-state index < -0.39 is 5.97 Å². The van der Waals surface area contributed by atoms with Gasteiger partial charge in [0.2, 0.25) is 0 Å². The molecule has 6 nitrogen and oxygen atoms in total. The van der Waals surface area contributed by atoms with Crippen molar-refractivity contribution in [2.45, 2.75) is 38.9 Å². The maximum absolute atomic E-state index is 11.5. The topological polar surface area (TPSA) is 73.2 Å². The molecular formula is C18H23LiN4O2. The maximum atomic E-state index is 11.5. The van der Waals surface area contributed by atoms with E-state index in [0.717, 1.165) is 23.7 Å². The van der Waals surface area contributed by atoms with Gasteiger partial charge in [-0.25, -0.2) is 0 Å². The van der Waals surface area contributed by atoms with E-state index in [-0.39, 0.29) is 24.4 Å². The van der Waals surface area contributed by atoms with Crippen LogP contribution in [-0.2, 0) is 13.1 Å². The maximum Gasteiger partial charge on any atom is 1.00 e. The Balaban J connectivity index is 0.00000182. The van der Waals surface area contributed by atoms with Crippen LogP contribution in [0.4, 0.5) is 0 Å². The molecule has 0 amide bonds. The van der Waals surface area contributed by atoms with Crippen molar-refractivity contribution >= 4 is 16.9 Å². The van der Waals surface area contributed by atoms with Gasteiger partial charge in [0.05, 0.1) is 17.2 Å². The van der Waals surface area contributed by atoms with Crippen molar-refractivity contribution in [2.75, 3.05) is 19.6 Å². The van der Waals surface area contributed by atoms with Crippen LogP contribution in [0.5, 0.6) is 0 Å². The van der Waals surface area contributed by atoms with Crippen LogP contribution in [0.3, 0.4) is 0 Å². The molecule has 3 saturated heterocycles. The van der Waals surface area contributed by atoms with Crippen LogP contribution in [0.15, 0.2) is 18.2 Å². The Bertz CT molecular complexity index is 768. The van der Waals surface area contributed by atoms with Gasteiger partial charge in [0.1, 0.15) is 0 Å². The molecule has 1 N–H and O–H groups in total. The number of hydrogen-bond donors (Lipinski definition) is 1. The quantitative estimate of drug-likeness (QED) is 0.618. The SMILES string of the molecule is CCn1nc(CN[C@@H]2CN3CCC2CC3)c2c(C(=O)[O-])cccc21.[Li+]. The zero-order valence-corrected chi connectivity index (χ0v) is 15.0. The Labute approximate surface area is 159 Å². The third kappa shape index (κ3) is 3.37. The Morgan fingerprint density at radius 1 is 1.36 bits per heavy atom. The molecule has 128 valence electrons. The number of nitrogens with one attached hydrogen (secondary N) is 1. The fraction of sp³-hybridized carbons (Fsp3) is 0.556. The Kier molecular flexibility index (Phi) is 5.55. The molecule has 5 rings (SSSR count). The van der Waals surface area contributed by atoms with E-state index in [1.165, 1.54) is 25.9 Å². The smallest absolute Gasteiger partial charge is 0.545 e. The number of aromatic carboxylic acids is 1. The molecule has 0 unspecified atom stereocenters. The van der Waals surface area contributed by atoms with Crippen molar-refractivity contribution in [3.8, 4) is 0 Å². The molecular weight excluding hydrogens is 311 g/mol. The summed E-state index contributed by atoms with van der Waals surface area (Å²) in [6.07, 6.45) is 2.51. The molecule has 7 heteroatoms. The van der Waals surface area contributed by atoms with Gasteiger partial charge in [-0.3, -0.25) is 4.68 Å². The molecule has 3 aliphatic rings. The normalized spacial score (nSPS) is 25.1. The number of rotatable bonds is 5. The molecule has 3 fully saturated rings. The number of carbonyl (C=O) groups is 1. The third-order valence-corrected chi connectivity index (χ3v) is 5.56. The predicted molar refractivity (Wildman–Crippen MR) is 89.5 cm³/mol. The first kappa shape index (κ1) is 18.5. The van der Waals surface area contributed by atoms with Crippen LogP contribution in [0.2, 0.25) is 0 Å². The second-order valence-corrected chi connectivity index (χ2v) is 6.88. The van der Waals surface area contributed by atoms with Gasteiger partial charge in [0.25, 0.3) is 0 Å². The first-order chi connectivity index (χ1) is 11.7. The fourth-order valence-electron chi connectivity index (χ4n) is 4.27. The van der Waals surface area contributed by atoms with Crippen molar-refractivity contribution in [3.05, 3.63) is 29.5 Å². The summed E-state index contributed by atoms with van der Waals surface area (Å²) in [7, 11) is 0. The second kappa shape index (κ2) is 7.51. The fourth-order valence-corrected chi connectivity index (χ4v) is 4.27. The molecule has 2 aromatic rings. The molecule has 2 bridgehead atoms. The van der Waals surface area contributed by atoms with Gasteiger partial charge in [-0.15, -0.1) is 0 Å². The largest absolute Gasteiger partial charge is 1.00 e. The average Bonchev–Trinajstić information content (AvgIpc) is 2.99. The Hall–Kier alpha value is -1.32. The van der Waals surface area contributed by atoms with E-state index in [9.17, 15) is 9.90 Å². The number of benzene rings is 1. The number of carboxylic acids is 1. The van der Waals surface area contributed by atoms with Crippen molar-refractivity contribution in [1.82, 2.24) is 20.0 Å². The van der Waals surface area contributed by atoms with E-state index in [0.29, 0.717) is 24.5 Å². The summed E-state index contributed by atoms with van der Waals surface area (Å²) in [6.45, 7) is 6.85. The summed E-state index contributed by atoms with van der Waals surface area (Å²) in [5.41, 5.74) is 1.91. The minimum absolute atomic E-state index is 0. The van der Waals surface area contributed by atoms with Gasteiger partial charge >= 0.3 is 18.9 Å². The minimum Gasteiger partial charge on any atom is -0.545 e. The number of aromatic nitrogens is 2. The summed E-state index contributed by atoms with van der Waals surface area (Å²) < 4.78 is 1.87. The standard InChI is InChI=1S/C18H24N4O2.Li/c1-2-22-16-5-3-4-13(18(23)24)17(16)14(20-22)10-19-15-11-21-8-6-12(15)7-9-21;/h3-5,12,15,19H,2,6-11H2,1H3,(H,23,24);/q;+1/p-1/t15-;/m1./s1. The summed E-state index contributed by atoms with van der Waals surface area (Å²) in [5, 5.41) is 20.5. The molecule has 1 aromatic heterocycles. The van der Waals surface area contributed by atoms with Gasteiger partial charge in [0, 0.05) is 36.6 Å². The van der Waals surface area contributed by atoms with E-state index in [2.05, 4.69) is 15.3 Å². The van der Waals surface area contributed by atoms with E-state index in [1.54, 1.807) is 12.1 Å². The van der Waals surface area contributed by atoms with Crippen LogP contribution in [0.25, 0.3) is 10.9 Å². The van der Waals surface area contributed by atoms with E-state index in [1.807, 2.05) is 17.7 Å². The van der Waals surface area contributed by atoms with Crippen LogP contribution >= 0.6 is 0 Å². The number of fused-ring (bicyclic) bond motifs is 4. The molecule has 0 radical (unpaired) electrons. The van der Waals surface area contributed by atoms with Crippen molar-refractivity contribution in [1.29, 1.82) is 0 Å². The number of aryl methyl sites for hydroxylation is 1. The predicted octanol–water partition coefficient (Wildman–Crippen LogP) is -2.39. The molecule has 0 aliphatic carbocycles.